The number of carbonyl (C=O) groups excluding carboxylic acids is 2. The summed E-state index contributed by atoms with van der Waals surface area (Å²) in [7, 11) is 0. The number of hydrogen-bond acceptors (Lipinski definition) is 3. The number of hydrogen-bond donors (Lipinski definition) is 1. The first-order valence-electron chi connectivity index (χ1n) is 4.47. The third-order valence-corrected chi connectivity index (χ3v) is 2.69. The largest absolute Gasteiger partial charge is 0.313 e. The second-order valence-corrected chi connectivity index (χ2v) is 4.22. The minimum Gasteiger partial charge on any atom is -0.313 e. The summed E-state index contributed by atoms with van der Waals surface area (Å²) in [5.74, 6) is 0. The van der Waals surface area contributed by atoms with Crippen molar-refractivity contribution in [1.82, 2.24) is 5.32 Å². The number of nitrogens with one attached hydrogen (secondary N) is 1. The molecular formula is C11H9NO2S. The number of aryl methyl sites for hydroxylation is 1. The summed E-state index contributed by atoms with van der Waals surface area (Å²) in [5.41, 5.74) is 2.39. The molecule has 0 atom stereocenters. The van der Waals surface area contributed by atoms with Crippen molar-refractivity contribution in [3.05, 3.63) is 41.1 Å². The van der Waals surface area contributed by atoms with Crippen molar-refractivity contribution in [2.75, 3.05) is 0 Å². The molecule has 0 aliphatic carbocycles. The first-order valence-corrected chi connectivity index (χ1v) is 5.28. The van der Waals surface area contributed by atoms with Crippen LogP contribution >= 0.6 is 11.8 Å². The molecule has 3 nitrogen and oxygen atoms in total. The number of benzene rings is 1. The molecule has 1 heterocycles. The lowest BCUT2D eigenvalue weighted by molar-refractivity contribution is -0.107. The Balaban J connectivity index is 2.31. The van der Waals surface area contributed by atoms with Crippen LogP contribution in [0.5, 0.6) is 0 Å². The zero-order chi connectivity index (χ0) is 10.8. The Morgan fingerprint density at radius 3 is 2.73 bits per heavy atom. The van der Waals surface area contributed by atoms with Gasteiger partial charge < -0.3 is 5.32 Å². The minimum absolute atomic E-state index is 0.221. The fourth-order valence-electron chi connectivity index (χ4n) is 1.35. The van der Waals surface area contributed by atoms with Gasteiger partial charge in [-0.25, -0.2) is 0 Å². The zero-order valence-electron chi connectivity index (χ0n) is 8.11. The summed E-state index contributed by atoms with van der Waals surface area (Å²) in [6.07, 6.45) is 1.69. The van der Waals surface area contributed by atoms with Gasteiger partial charge in [0.1, 0.15) is 0 Å². The van der Waals surface area contributed by atoms with Crippen molar-refractivity contribution in [3.63, 3.8) is 0 Å². The second-order valence-electron chi connectivity index (χ2n) is 3.27. The van der Waals surface area contributed by atoms with Crippen molar-refractivity contribution >= 4 is 28.2 Å². The molecule has 1 aromatic rings. The standard InChI is InChI=1S/C11H9NO2S/c1-7-3-2-4-8(5-7)6-9-10(13)15-11(14)12-9/h2-6H,1H3,(H,12,14). The third-order valence-electron chi connectivity index (χ3n) is 2.00. The molecule has 0 unspecified atom stereocenters. The van der Waals surface area contributed by atoms with Crippen molar-refractivity contribution in [2.24, 2.45) is 0 Å². The molecule has 1 N–H and O–H groups in total. The van der Waals surface area contributed by atoms with E-state index in [0.29, 0.717) is 17.5 Å². The Labute approximate surface area is 91.6 Å². The van der Waals surface area contributed by atoms with E-state index in [4.69, 9.17) is 0 Å². The quantitative estimate of drug-likeness (QED) is 0.737. The SMILES string of the molecule is Cc1cccc(C=C2NC(=O)SC2=O)c1. The van der Waals surface area contributed by atoms with E-state index in [9.17, 15) is 9.59 Å². The van der Waals surface area contributed by atoms with Gasteiger partial charge in [-0.3, -0.25) is 9.59 Å². The Morgan fingerprint density at radius 1 is 1.33 bits per heavy atom. The van der Waals surface area contributed by atoms with Gasteiger partial charge in [-0.2, -0.15) is 0 Å². The lowest BCUT2D eigenvalue weighted by atomic mass is 10.1. The molecule has 1 aromatic carbocycles. The molecule has 15 heavy (non-hydrogen) atoms. The van der Waals surface area contributed by atoms with E-state index in [0.717, 1.165) is 11.1 Å². The Kier molecular flexibility index (Phi) is 2.60. The van der Waals surface area contributed by atoms with Crippen LogP contribution < -0.4 is 5.32 Å². The highest BCUT2D eigenvalue weighted by Gasteiger charge is 2.24. The van der Waals surface area contributed by atoms with Gasteiger partial charge in [-0.1, -0.05) is 29.8 Å². The van der Waals surface area contributed by atoms with E-state index in [1.54, 1.807) is 6.08 Å². The maximum atomic E-state index is 11.3. The lowest BCUT2D eigenvalue weighted by Crippen LogP contribution is -2.10. The van der Waals surface area contributed by atoms with Gasteiger partial charge in [0, 0.05) is 11.8 Å². The van der Waals surface area contributed by atoms with Gasteiger partial charge in [-0.15, -0.1) is 0 Å². The first kappa shape index (κ1) is 9.98. The van der Waals surface area contributed by atoms with Crippen LogP contribution in [0.4, 0.5) is 4.79 Å². The van der Waals surface area contributed by atoms with Crippen LogP contribution in [-0.2, 0) is 4.79 Å². The van der Waals surface area contributed by atoms with Crippen LogP contribution in [0.25, 0.3) is 6.08 Å². The molecule has 0 saturated carbocycles. The average molecular weight is 219 g/mol. The minimum atomic E-state index is -0.307. The summed E-state index contributed by atoms with van der Waals surface area (Å²) in [4.78, 5) is 22.2. The van der Waals surface area contributed by atoms with E-state index in [1.165, 1.54) is 0 Å². The first-order chi connectivity index (χ1) is 7.15. The Morgan fingerprint density at radius 2 is 2.13 bits per heavy atom. The highest BCUT2D eigenvalue weighted by molar-refractivity contribution is 8.27. The maximum Gasteiger partial charge on any atom is 0.291 e. The van der Waals surface area contributed by atoms with E-state index >= 15 is 0 Å². The zero-order valence-corrected chi connectivity index (χ0v) is 8.93. The number of carbonyl (C=O) groups is 2. The van der Waals surface area contributed by atoms with Gasteiger partial charge in [0.05, 0.1) is 5.70 Å². The van der Waals surface area contributed by atoms with Gasteiger partial charge in [-0.05, 0) is 18.6 Å². The molecule has 1 fully saturated rings. The molecule has 0 spiro atoms. The lowest BCUT2D eigenvalue weighted by Gasteiger charge is -1.97. The average Bonchev–Trinajstić information content (AvgIpc) is 2.45. The fourth-order valence-corrected chi connectivity index (χ4v) is 1.90. The van der Waals surface area contributed by atoms with Gasteiger partial charge in [0.2, 0.25) is 5.12 Å². The molecule has 1 aliphatic heterocycles. The van der Waals surface area contributed by atoms with E-state index in [-0.39, 0.29) is 10.4 Å². The molecule has 4 heteroatoms. The summed E-state index contributed by atoms with van der Waals surface area (Å²) in [6.45, 7) is 1.98. The van der Waals surface area contributed by atoms with Gasteiger partial charge in [0.15, 0.2) is 0 Å². The fraction of sp³-hybridized carbons (Fsp3) is 0.0909. The van der Waals surface area contributed by atoms with E-state index < -0.39 is 0 Å². The predicted molar refractivity (Wildman–Crippen MR) is 60.3 cm³/mol. The Hall–Kier alpha value is -1.55. The molecule has 1 aliphatic rings. The van der Waals surface area contributed by atoms with Crippen LogP contribution in [0.15, 0.2) is 30.0 Å². The summed E-state index contributed by atoms with van der Waals surface area (Å²) in [5, 5.41) is 1.98. The molecular weight excluding hydrogens is 210 g/mol. The highest BCUT2D eigenvalue weighted by atomic mass is 32.2. The van der Waals surface area contributed by atoms with Crippen molar-refractivity contribution in [3.8, 4) is 0 Å². The van der Waals surface area contributed by atoms with Crippen LogP contribution in [-0.4, -0.2) is 10.4 Å². The molecule has 76 valence electrons. The van der Waals surface area contributed by atoms with E-state index in [1.807, 2.05) is 31.2 Å². The van der Waals surface area contributed by atoms with Crippen molar-refractivity contribution < 1.29 is 9.59 Å². The number of thioether (sulfide) groups is 1. The third kappa shape index (κ3) is 2.27. The van der Waals surface area contributed by atoms with E-state index in [2.05, 4.69) is 5.32 Å². The molecule has 0 radical (unpaired) electrons. The monoisotopic (exact) mass is 219 g/mol. The van der Waals surface area contributed by atoms with Gasteiger partial charge >= 0.3 is 0 Å². The van der Waals surface area contributed by atoms with Crippen molar-refractivity contribution in [1.29, 1.82) is 0 Å². The molecule has 0 bridgehead atoms. The second kappa shape index (κ2) is 3.90. The topological polar surface area (TPSA) is 46.2 Å². The molecule has 0 aromatic heterocycles. The van der Waals surface area contributed by atoms with Crippen LogP contribution in [0.2, 0.25) is 0 Å². The summed E-state index contributed by atoms with van der Waals surface area (Å²) in [6, 6.07) is 7.74. The molecule has 2 rings (SSSR count). The number of rotatable bonds is 1. The smallest absolute Gasteiger partial charge is 0.291 e. The van der Waals surface area contributed by atoms with Crippen LogP contribution in [0.1, 0.15) is 11.1 Å². The molecule has 1 saturated heterocycles. The Bertz CT molecular complexity index is 465. The summed E-state index contributed by atoms with van der Waals surface area (Å²) >= 11 is 0.695. The molecule has 1 amide bonds. The predicted octanol–water partition coefficient (Wildman–Crippen LogP) is 2.32. The normalized spacial score (nSPS) is 18.3. The maximum absolute atomic E-state index is 11.3. The highest BCUT2D eigenvalue weighted by Crippen LogP contribution is 2.20. The van der Waals surface area contributed by atoms with Crippen LogP contribution in [0, 0.1) is 6.92 Å². The summed E-state index contributed by atoms with van der Waals surface area (Å²) < 4.78 is 0. The van der Waals surface area contributed by atoms with Crippen molar-refractivity contribution in [2.45, 2.75) is 6.92 Å². The number of amides is 1. The van der Waals surface area contributed by atoms with Crippen LogP contribution in [0.3, 0.4) is 0 Å². The van der Waals surface area contributed by atoms with Gasteiger partial charge in [0.25, 0.3) is 5.24 Å².